The fraction of sp³-hybridized carbons (Fsp3) is 0.250. The number of benzene rings is 3. The Morgan fingerprint density at radius 1 is 0.957 bits per heavy atom. The molecule has 236 valence electrons. The van der Waals surface area contributed by atoms with Crippen LogP contribution < -0.4 is 0 Å². The minimum Gasteiger partial charge on any atom is -0.460 e. The number of nitrogens with zero attached hydrogens (tertiary/aromatic N) is 3. The maximum absolute atomic E-state index is 14.3. The van der Waals surface area contributed by atoms with E-state index in [4.69, 9.17) is 9.47 Å². The van der Waals surface area contributed by atoms with E-state index in [9.17, 15) is 19.7 Å². The van der Waals surface area contributed by atoms with Crippen LogP contribution in [0, 0.1) is 16.0 Å². The van der Waals surface area contributed by atoms with Crippen molar-refractivity contribution in [1.82, 2.24) is 4.90 Å². The van der Waals surface area contributed by atoms with Gasteiger partial charge in [-0.1, -0.05) is 78.9 Å². The second kappa shape index (κ2) is 14.9. The van der Waals surface area contributed by atoms with Crippen LogP contribution in [0.15, 0.2) is 119 Å². The van der Waals surface area contributed by atoms with Crippen molar-refractivity contribution in [3.8, 4) is 0 Å². The van der Waals surface area contributed by atoms with Crippen LogP contribution in [0.2, 0.25) is 0 Å². The van der Waals surface area contributed by atoms with Crippen molar-refractivity contribution < 1.29 is 24.0 Å². The van der Waals surface area contributed by atoms with Gasteiger partial charge in [-0.3, -0.25) is 24.8 Å². The van der Waals surface area contributed by atoms with Gasteiger partial charge in [-0.05, 0) is 49.0 Å². The maximum atomic E-state index is 14.3. The highest BCUT2D eigenvalue weighted by molar-refractivity contribution is 7.10. The summed E-state index contributed by atoms with van der Waals surface area (Å²) in [6.45, 7) is 4.49. The van der Waals surface area contributed by atoms with Crippen molar-refractivity contribution >= 4 is 34.7 Å². The van der Waals surface area contributed by atoms with Gasteiger partial charge in [-0.25, -0.2) is 4.79 Å². The van der Waals surface area contributed by atoms with Crippen LogP contribution in [-0.4, -0.2) is 41.1 Å². The van der Waals surface area contributed by atoms with Crippen molar-refractivity contribution in [2.24, 2.45) is 10.9 Å². The van der Waals surface area contributed by atoms with Gasteiger partial charge in [0.05, 0.1) is 10.5 Å². The van der Waals surface area contributed by atoms with E-state index in [-0.39, 0.29) is 17.9 Å². The Bertz CT molecular complexity index is 1740. The highest BCUT2D eigenvalue weighted by Crippen LogP contribution is 2.42. The molecular weight excluding hydrogens is 602 g/mol. The second-order valence-electron chi connectivity index (χ2n) is 11.2. The van der Waals surface area contributed by atoms with Crippen molar-refractivity contribution in [1.29, 1.82) is 0 Å². The minimum atomic E-state index is -1.00. The Kier molecular flexibility index (Phi) is 10.5. The number of ether oxygens (including phenoxy) is 2. The standard InChI is InChI=1S/C36H35N3O6S/c1-24-32(35(40)44-23-27-14-8-5-9-15-27)34(28-16-10-17-29(20-28)39(42)43)33(25(2)37-24)36(41)45-30(31-18-11-19-46-31)22-38(3)21-26-12-6-4-7-13-26/h4-20,30,32,34H,21-23H2,1-3H3. The number of hydrogen-bond donors (Lipinski definition) is 0. The Labute approximate surface area is 272 Å². The smallest absolute Gasteiger partial charge is 0.337 e. The van der Waals surface area contributed by atoms with Gasteiger partial charge >= 0.3 is 11.9 Å². The average molecular weight is 638 g/mol. The molecule has 0 saturated carbocycles. The molecule has 0 bridgehead atoms. The van der Waals surface area contributed by atoms with Crippen molar-refractivity contribution in [3.05, 3.63) is 145 Å². The van der Waals surface area contributed by atoms with E-state index in [1.54, 1.807) is 26.0 Å². The minimum absolute atomic E-state index is 0.0296. The molecule has 0 fully saturated rings. The molecule has 3 aromatic carbocycles. The molecule has 3 atom stereocenters. The van der Waals surface area contributed by atoms with Crippen molar-refractivity contribution in [2.75, 3.05) is 13.6 Å². The Balaban J connectivity index is 1.47. The molecule has 4 aromatic rings. The molecule has 1 aliphatic heterocycles. The van der Waals surface area contributed by atoms with Crippen LogP contribution in [0.25, 0.3) is 0 Å². The number of hydrogen-bond acceptors (Lipinski definition) is 9. The first-order valence-electron chi connectivity index (χ1n) is 14.9. The van der Waals surface area contributed by atoms with E-state index >= 15 is 0 Å². The number of aliphatic imine (C=N–C) groups is 1. The summed E-state index contributed by atoms with van der Waals surface area (Å²) in [6, 6.07) is 29.1. The summed E-state index contributed by atoms with van der Waals surface area (Å²) < 4.78 is 12.0. The molecule has 0 spiro atoms. The van der Waals surface area contributed by atoms with Gasteiger partial charge < -0.3 is 9.47 Å². The third kappa shape index (κ3) is 7.82. The second-order valence-corrected chi connectivity index (χ2v) is 12.2. The molecular formula is C36H35N3O6S. The van der Waals surface area contributed by atoms with Crippen LogP contribution in [0.4, 0.5) is 5.69 Å². The fourth-order valence-corrected chi connectivity index (χ4v) is 6.46. The number of carbonyl (C=O) groups is 2. The lowest BCUT2D eigenvalue weighted by Crippen LogP contribution is -2.37. The summed E-state index contributed by atoms with van der Waals surface area (Å²) >= 11 is 1.48. The molecule has 0 amide bonds. The predicted molar refractivity (Wildman–Crippen MR) is 177 cm³/mol. The van der Waals surface area contributed by atoms with Crippen LogP contribution in [0.3, 0.4) is 0 Å². The number of non-ortho nitro benzene ring substituents is 1. The molecule has 2 heterocycles. The van der Waals surface area contributed by atoms with E-state index in [2.05, 4.69) is 9.89 Å². The van der Waals surface area contributed by atoms with Gasteiger partial charge in [-0.2, -0.15) is 0 Å². The number of thiophene rings is 1. The fourth-order valence-electron chi connectivity index (χ4n) is 5.71. The number of esters is 2. The highest BCUT2D eigenvalue weighted by Gasteiger charge is 2.43. The molecule has 3 unspecified atom stereocenters. The molecule has 1 aromatic heterocycles. The molecule has 46 heavy (non-hydrogen) atoms. The number of allylic oxidation sites excluding steroid dienone is 1. The lowest BCUT2D eigenvalue weighted by atomic mass is 9.75. The van der Waals surface area contributed by atoms with Crippen molar-refractivity contribution in [3.63, 3.8) is 0 Å². The third-order valence-electron chi connectivity index (χ3n) is 7.85. The number of rotatable bonds is 12. The van der Waals surface area contributed by atoms with E-state index in [0.29, 0.717) is 30.1 Å². The molecule has 1 aliphatic rings. The molecule has 5 rings (SSSR count). The largest absolute Gasteiger partial charge is 0.460 e. The summed E-state index contributed by atoms with van der Waals surface area (Å²) in [5.41, 5.74) is 3.19. The Morgan fingerprint density at radius 2 is 1.65 bits per heavy atom. The maximum Gasteiger partial charge on any atom is 0.337 e. The Hall–Kier alpha value is -4.93. The summed E-state index contributed by atoms with van der Waals surface area (Å²) in [5, 5.41) is 13.7. The SMILES string of the molecule is CC1=NC(C)=C(C(=O)OC(CN(C)Cc2ccccc2)c2cccs2)C(c2cccc([N+](=O)[O-])c2)C1C(=O)OCc1ccccc1. The zero-order valence-electron chi connectivity index (χ0n) is 25.9. The number of nitro benzene ring substituents is 1. The monoisotopic (exact) mass is 637 g/mol. The number of likely N-dealkylation sites (N-methyl/N-ethyl adjacent to an activating group) is 1. The number of nitro groups is 1. The Morgan fingerprint density at radius 3 is 2.30 bits per heavy atom. The molecule has 9 nitrogen and oxygen atoms in total. The van der Waals surface area contributed by atoms with E-state index in [1.807, 2.05) is 85.2 Å². The number of carbonyl (C=O) groups excluding carboxylic acids is 2. The third-order valence-corrected chi connectivity index (χ3v) is 8.81. The lowest BCUT2D eigenvalue weighted by Gasteiger charge is -2.32. The summed E-state index contributed by atoms with van der Waals surface area (Å²) in [7, 11) is 1.96. The van der Waals surface area contributed by atoms with Gasteiger partial charge in [0.1, 0.15) is 18.6 Å². The molecule has 0 radical (unpaired) electrons. The average Bonchev–Trinajstić information content (AvgIpc) is 3.59. The first-order valence-corrected chi connectivity index (χ1v) is 15.8. The molecule has 10 heteroatoms. The predicted octanol–water partition coefficient (Wildman–Crippen LogP) is 7.26. The highest BCUT2D eigenvalue weighted by atomic mass is 32.1. The zero-order valence-corrected chi connectivity index (χ0v) is 26.7. The van der Waals surface area contributed by atoms with Crippen LogP contribution >= 0.6 is 11.3 Å². The zero-order chi connectivity index (χ0) is 32.6. The van der Waals surface area contributed by atoms with Crippen LogP contribution in [0.1, 0.15) is 47.4 Å². The van der Waals surface area contributed by atoms with Crippen LogP contribution in [0.5, 0.6) is 0 Å². The van der Waals surface area contributed by atoms with Gasteiger partial charge in [0.2, 0.25) is 0 Å². The summed E-state index contributed by atoms with van der Waals surface area (Å²) in [5.74, 6) is -3.15. The van der Waals surface area contributed by atoms with E-state index in [0.717, 1.165) is 16.0 Å². The first-order chi connectivity index (χ1) is 22.2. The summed E-state index contributed by atoms with van der Waals surface area (Å²) in [6.07, 6.45) is -0.609. The molecule has 0 aliphatic carbocycles. The van der Waals surface area contributed by atoms with E-state index in [1.165, 1.54) is 23.5 Å². The van der Waals surface area contributed by atoms with Crippen LogP contribution in [-0.2, 0) is 32.2 Å². The quantitative estimate of drug-likeness (QED) is 0.0913. The molecule has 0 N–H and O–H groups in total. The van der Waals surface area contributed by atoms with Gasteiger partial charge in [0.15, 0.2) is 0 Å². The van der Waals surface area contributed by atoms with Gasteiger partial charge in [-0.15, -0.1) is 11.3 Å². The van der Waals surface area contributed by atoms with Crippen molar-refractivity contribution in [2.45, 2.75) is 39.0 Å². The summed E-state index contributed by atoms with van der Waals surface area (Å²) in [4.78, 5) is 46.8. The first kappa shape index (κ1) is 32.5. The van der Waals surface area contributed by atoms with Gasteiger partial charge in [0.25, 0.3) is 5.69 Å². The van der Waals surface area contributed by atoms with Gasteiger partial charge in [0, 0.05) is 47.4 Å². The van der Waals surface area contributed by atoms with E-state index < -0.39 is 34.8 Å². The topological polar surface area (TPSA) is 111 Å². The normalized spacial score (nSPS) is 16.9. The molecule has 0 saturated heterocycles. The lowest BCUT2D eigenvalue weighted by molar-refractivity contribution is -0.384.